The maximum absolute atomic E-state index is 13.3. The predicted octanol–water partition coefficient (Wildman–Crippen LogP) is 3.38. The molecule has 0 aliphatic rings. The molecule has 0 N–H and O–H groups in total. The van der Waals surface area contributed by atoms with E-state index in [1.165, 1.54) is 23.0 Å². The lowest BCUT2D eigenvalue weighted by molar-refractivity contribution is 0.369. The van der Waals surface area contributed by atoms with Crippen LogP contribution in [0.25, 0.3) is 33.5 Å². The van der Waals surface area contributed by atoms with Gasteiger partial charge >= 0.3 is 0 Å². The minimum atomic E-state index is -0.394. The van der Waals surface area contributed by atoms with Gasteiger partial charge in [-0.25, -0.2) is 9.37 Å². The summed E-state index contributed by atoms with van der Waals surface area (Å²) < 4.78 is 25.5. The molecule has 7 nitrogen and oxygen atoms in total. The normalized spacial score (nSPS) is 11.4. The molecule has 0 saturated heterocycles. The molecule has 8 heteroatoms. The third kappa shape index (κ3) is 2.58. The Kier molecular flexibility index (Phi) is 3.36. The number of hydrogen-bond donors (Lipinski definition) is 0. The quantitative estimate of drug-likeness (QED) is 0.489. The van der Waals surface area contributed by atoms with Crippen LogP contribution >= 0.6 is 0 Å². The maximum atomic E-state index is 13.3. The van der Waals surface area contributed by atoms with E-state index >= 15 is 0 Å². The Bertz CT molecular complexity index is 1350. The summed E-state index contributed by atoms with van der Waals surface area (Å²) in [7, 11) is 0. The van der Waals surface area contributed by atoms with Crippen LogP contribution in [0.4, 0.5) is 4.39 Å². The largest absolute Gasteiger partial charge is 0.448 e. The van der Waals surface area contributed by atoms with Gasteiger partial charge < -0.3 is 8.94 Å². The van der Waals surface area contributed by atoms with E-state index in [1.54, 1.807) is 18.2 Å². The number of aromatic nitrogens is 4. The third-order valence-electron chi connectivity index (χ3n) is 4.21. The van der Waals surface area contributed by atoms with Crippen molar-refractivity contribution in [2.45, 2.75) is 6.54 Å². The van der Waals surface area contributed by atoms with Crippen molar-refractivity contribution in [3.8, 4) is 11.4 Å². The van der Waals surface area contributed by atoms with E-state index in [2.05, 4.69) is 15.1 Å². The Labute approximate surface area is 150 Å². The number of halogens is 1. The van der Waals surface area contributed by atoms with E-state index in [-0.39, 0.29) is 29.4 Å². The molecular formula is C19H11FN4O3. The molecule has 0 amide bonds. The number of furan rings is 1. The minimum Gasteiger partial charge on any atom is -0.448 e. The number of hydrogen-bond acceptors (Lipinski definition) is 6. The van der Waals surface area contributed by atoms with Crippen LogP contribution in [0.1, 0.15) is 5.89 Å². The Morgan fingerprint density at radius 3 is 2.89 bits per heavy atom. The third-order valence-corrected chi connectivity index (χ3v) is 4.21. The van der Waals surface area contributed by atoms with Gasteiger partial charge in [0.1, 0.15) is 23.5 Å². The second-order valence-electron chi connectivity index (χ2n) is 5.98. The van der Waals surface area contributed by atoms with E-state index in [0.717, 1.165) is 5.39 Å². The molecule has 0 spiro atoms. The van der Waals surface area contributed by atoms with Crippen LogP contribution in [0.3, 0.4) is 0 Å². The van der Waals surface area contributed by atoms with E-state index in [0.29, 0.717) is 16.7 Å². The lowest BCUT2D eigenvalue weighted by atomic mass is 10.2. The first-order valence-corrected chi connectivity index (χ1v) is 8.14. The molecule has 0 fully saturated rings. The number of fused-ring (bicyclic) bond motifs is 3. The topological polar surface area (TPSA) is 87.0 Å². The highest BCUT2D eigenvalue weighted by Gasteiger charge is 2.15. The Balaban J connectivity index is 1.53. The number of benzene rings is 2. The van der Waals surface area contributed by atoms with E-state index in [9.17, 15) is 9.18 Å². The van der Waals surface area contributed by atoms with Gasteiger partial charge in [0.05, 0.1) is 6.33 Å². The fourth-order valence-corrected chi connectivity index (χ4v) is 2.94. The van der Waals surface area contributed by atoms with E-state index in [1.807, 2.05) is 18.2 Å². The fourth-order valence-electron chi connectivity index (χ4n) is 2.94. The highest BCUT2D eigenvalue weighted by atomic mass is 19.1. The zero-order chi connectivity index (χ0) is 18.4. The molecule has 132 valence electrons. The van der Waals surface area contributed by atoms with Crippen LogP contribution in [0, 0.1) is 5.82 Å². The highest BCUT2D eigenvalue weighted by Crippen LogP contribution is 2.24. The number of nitrogens with zero attached hydrogens (tertiary/aromatic N) is 4. The predicted molar refractivity (Wildman–Crippen MR) is 94.6 cm³/mol. The number of para-hydroxylation sites is 1. The average molecular weight is 362 g/mol. The molecule has 5 aromatic rings. The van der Waals surface area contributed by atoms with Crippen molar-refractivity contribution >= 4 is 22.1 Å². The lowest BCUT2D eigenvalue weighted by Crippen LogP contribution is -2.20. The first kappa shape index (κ1) is 15.4. The molecule has 5 rings (SSSR count). The maximum Gasteiger partial charge on any atom is 0.297 e. The zero-order valence-electron chi connectivity index (χ0n) is 13.8. The molecule has 3 heterocycles. The molecule has 0 aliphatic heterocycles. The molecule has 3 aromatic heterocycles. The molecule has 0 radical (unpaired) electrons. The van der Waals surface area contributed by atoms with Gasteiger partial charge in [0.2, 0.25) is 17.3 Å². The van der Waals surface area contributed by atoms with Crippen LogP contribution in [-0.2, 0) is 6.54 Å². The first-order valence-electron chi connectivity index (χ1n) is 8.14. The van der Waals surface area contributed by atoms with Gasteiger partial charge in [-0.3, -0.25) is 9.36 Å². The first-order chi connectivity index (χ1) is 13.2. The molecule has 0 bridgehead atoms. The molecule has 2 aromatic carbocycles. The van der Waals surface area contributed by atoms with E-state index in [4.69, 9.17) is 8.94 Å². The fraction of sp³-hybridized carbons (Fsp3) is 0.0526. The highest BCUT2D eigenvalue weighted by molar-refractivity contribution is 6.01. The van der Waals surface area contributed by atoms with Crippen molar-refractivity contribution in [2.75, 3.05) is 0 Å². The Hall–Kier alpha value is -3.81. The van der Waals surface area contributed by atoms with Gasteiger partial charge in [0.25, 0.3) is 5.56 Å². The summed E-state index contributed by atoms with van der Waals surface area (Å²) in [4.78, 5) is 21.3. The van der Waals surface area contributed by atoms with Gasteiger partial charge in [0, 0.05) is 10.9 Å². The number of rotatable bonds is 3. The summed E-state index contributed by atoms with van der Waals surface area (Å²) in [6.07, 6.45) is 1.42. The van der Waals surface area contributed by atoms with Crippen LogP contribution in [0.15, 0.2) is 68.6 Å². The van der Waals surface area contributed by atoms with Crippen molar-refractivity contribution in [3.63, 3.8) is 0 Å². The standard InChI is InChI=1S/C19H11FN4O3/c20-12-5-3-4-11(8-12)18-22-15(27-23-18)9-24-10-21-16-13-6-1-2-7-14(13)26-17(16)19(24)25/h1-8,10H,9H2. The lowest BCUT2D eigenvalue weighted by Gasteiger charge is -2.00. The summed E-state index contributed by atoms with van der Waals surface area (Å²) in [6, 6.07) is 13.2. The molecule has 0 unspecified atom stereocenters. The molecule has 27 heavy (non-hydrogen) atoms. The SMILES string of the molecule is O=c1c2oc3ccccc3c2ncn1Cc1nc(-c2cccc(F)c2)no1. The van der Waals surface area contributed by atoms with Gasteiger partial charge in [-0.1, -0.05) is 29.4 Å². The van der Waals surface area contributed by atoms with Crippen molar-refractivity contribution in [1.82, 2.24) is 19.7 Å². The summed E-state index contributed by atoms with van der Waals surface area (Å²) in [5.41, 5.74) is 1.42. The van der Waals surface area contributed by atoms with Crippen molar-refractivity contribution in [1.29, 1.82) is 0 Å². The van der Waals surface area contributed by atoms with Gasteiger partial charge in [-0.05, 0) is 24.3 Å². The van der Waals surface area contributed by atoms with Gasteiger partial charge in [-0.15, -0.1) is 0 Å². The zero-order valence-corrected chi connectivity index (χ0v) is 13.8. The molecule has 0 aliphatic carbocycles. The van der Waals surface area contributed by atoms with Crippen LogP contribution in [0.5, 0.6) is 0 Å². The Morgan fingerprint density at radius 1 is 1.11 bits per heavy atom. The average Bonchev–Trinajstić information content (AvgIpc) is 3.29. The molecular weight excluding hydrogens is 351 g/mol. The second kappa shape index (κ2) is 5.87. The summed E-state index contributed by atoms with van der Waals surface area (Å²) in [6.45, 7) is 0.0289. The summed E-state index contributed by atoms with van der Waals surface area (Å²) >= 11 is 0. The van der Waals surface area contributed by atoms with Crippen LogP contribution in [0.2, 0.25) is 0 Å². The van der Waals surface area contributed by atoms with E-state index < -0.39 is 5.82 Å². The second-order valence-corrected chi connectivity index (χ2v) is 5.98. The monoisotopic (exact) mass is 362 g/mol. The van der Waals surface area contributed by atoms with Crippen molar-refractivity contribution in [2.24, 2.45) is 0 Å². The van der Waals surface area contributed by atoms with Crippen molar-refractivity contribution in [3.05, 3.63) is 76.9 Å². The van der Waals surface area contributed by atoms with Gasteiger partial charge in [-0.2, -0.15) is 4.98 Å². The van der Waals surface area contributed by atoms with Crippen molar-refractivity contribution < 1.29 is 13.3 Å². The summed E-state index contributed by atoms with van der Waals surface area (Å²) in [5, 5.41) is 4.62. The minimum absolute atomic E-state index is 0.0289. The van der Waals surface area contributed by atoms with Crippen LogP contribution < -0.4 is 5.56 Å². The summed E-state index contributed by atoms with van der Waals surface area (Å²) in [5.74, 6) is 0.0542. The molecule has 0 saturated carbocycles. The van der Waals surface area contributed by atoms with Crippen LogP contribution in [-0.4, -0.2) is 19.7 Å². The smallest absolute Gasteiger partial charge is 0.297 e. The Morgan fingerprint density at radius 2 is 2.00 bits per heavy atom. The molecule has 0 atom stereocenters. The van der Waals surface area contributed by atoms with Gasteiger partial charge in [0.15, 0.2) is 0 Å².